The lowest BCUT2D eigenvalue weighted by atomic mass is 10.1. The van der Waals surface area contributed by atoms with Crippen molar-refractivity contribution < 1.29 is 18.3 Å². The predicted molar refractivity (Wildman–Crippen MR) is 93.0 cm³/mol. The van der Waals surface area contributed by atoms with Gasteiger partial charge in [-0.1, -0.05) is 36.4 Å². The van der Waals surface area contributed by atoms with E-state index >= 15 is 0 Å². The first-order valence-electron chi connectivity index (χ1n) is 7.91. The molecular weight excluding hydrogens is 326 g/mol. The molecule has 1 aliphatic heterocycles. The summed E-state index contributed by atoms with van der Waals surface area (Å²) in [6, 6.07) is 16.5. The number of rotatable bonds is 5. The fourth-order valence-electron chi connectivity index (χ4n) is 2.95. The first kappa shape index (κ1) is 17.0. The fraction of sp³-hybridized carbons (Fsp3) is 0.333. The Morgan fingerprint density at radius 3 is 2.42 bits per heavy atom. The van der Waals surface area contributed by atoms with Gasteiger partial charge in [0.15, 0.2) is 9.84 Å². The van der Waals surface area contributed by atoms with Crippen LogP contribution in [0.5, 0.6) is 11.5 Å². The lowest BCUT2D eigenvalue weighted by Gasteiger charge is -2.23. The summed E-state index contributed by atoms with van der Waals surface area (Å²) in [6.45, 7) is 1.94. The van der Waals surface area contributed by atoms with Crippen LogP contribution in [-0.2, 0) is 9.84 Å². The van der Waals surface area contributed by atoms with E-state index in [2.05, 4.69) is 5.32 Å². The molecule has 1 saturated heterocycles. The molecule has 0 radical (unpaired) electrons. The van der Waals surface area contributed by atoms with Crippen molar-refractivity contribution in [3.8, 4) is 11.5 Å². The Morgan fingerprint density at radius 2 is 1.75 bits per heavy atom. The third kappa shape index (κ3) is 3.95. The van der Waals surface area contributed by atoms with Gasteiger partial charge in [-0.15, -0.1) is 0 Å². The fourth-order valence-corrected chi connectivity index (χ4v) is 4.70. The average Bonchev–Trinajstić information content (AvgIpc) is 2.80. The van der Waals surface area contributed by atoms with Crippen LogP contribution in [0.1, 0.15) is 18.5 Å². The van der Waals surface area contributed by atoms with Gasteiger partial charge in [-0.2, -0.15) is 0 Å². The zero-order valence-corrected chi connectivity index (χ0v) is 14.2. The van der Waals surface area contributed by atoms with Crippen LogP contribution >= 0.6 is 0 Å². The van der Waals surface area contributed by atoms with E-state index in [9.17, 15) is 13.5 Å². The maximum atomic E-state index is 11.7. The van der Waals surface area contributed by atoms with Gasteiger partial charge in [0.1, 0.15) is 11.5 Å². The zero-order chi connectivity index (χ0) is 17.2. The standard InChI is InChI=1S/C18H21NO4S/c1-13(19-16-11-24(21,22)12-17(16)20)15-9-5-6-10-18(15)23-14-7-3-2-4-8-14/h2-10,13,16-17,19-20H,11-12H2,1H3. The molecular formula is C18H21NO4S. The molecule has 3 atom stereocenters. The summed E-state index contributed by atoms with van der Waals surface area (Å²) in [5, 5.41) is 13.2. The third-order valence-electron chi connectivity index (χ3n) is 4.14. The zero-order valence-electron chi connectivity index (χ0n) is 13.4. The molecule has 2 aromatic carbocycles. The molecule has 0 spiro atoms. The molecule has 0 aliphatic carbocycles. The van der Waals surface area contributed by atoms with Gasteiger partial charge < -0.3 is 15.2 Å². The van der Waals surface area contributed by atoms with Crippen LogP contribution in [0.3, 0.4) is 0 Å². The Hall–Kier alpha value is -1.89. The number of hydrogen-bond acceptors (Lipinski definition) is 5. The number of benzene rings is 2. The highest BCUT2D eigenvalue weighted by Crippen LogP contribution is 2.30. The number of hydrogen-bond donors (Lipinski definition) is 2. The molecule has 3 unspecified atom stereocenters. The maximum Gasteiger partial charge on any atom is 0.154 e. The summed E-state index contributed by atoms with van der Waals surface area (Å²) in [4.78, 5) is 0. The van der Waals surface area contributed by atoms with Crippen LogP contribution in [0.25, 0.3) is 0 Å². The van der Waals surface area contributed by atoms with Crippen molar-refractivity contribution in [3.63, 3.8) is 0 Å². The number of sulfone groups is 1. The van der Waals surface area contributed by atoms with E-state index in [-0.39, 0.29) is 17.5 Å². The minimum absolute atomic E-state index is 0.0415. The van der Waals surface area contributed by atoms with Crippen LogP contribution in [0.2, 0.25) is 0 Å². The molecule has 2 aromatic rings. The highest BCUT2D eigenvalue weighted by Gasteiger charge is 2.37. The molecule has 6 heteroatoms. The molecule has 128 valence electrons. The van der Waals surface area contributed by atoms with E-state index in [0.29, 0.717) is 5.75 Å². The number of aliphatic hydroxyl groups excluding tert-OH is 1. The van der Waals surface area contributed by atoms with Crippen molar-refractivity contribution in [2.75, 3.05) is 11.5 Å². The first-order chi connectivity index (χ1) is 11.4. The van der Waals surface area contributed by atoms with Gasteiger partial charge in [0.25, 0.3) is 0 Å². The molecule has 0 amide bonds. The van der Waals surface area contributed by atoms with Crippen LogP contribution in [0, 0.1) is 0 Å². The van der Waals surface area contributed by atoms with Crippen molar-refractivity contribution in [2.45, 2.75) is 25.1 Å². The number of aliphatic hydroxyl groups is 1. The third-order valence-corrected chi connectivity index (χ3v) is 5.86. The SMILES string of the molecule is CC(NC1CS(=O)(=O)CC1O)c1ccccc1Oc1ccccc1. The monoisotopic (exact) mass is 347 g/mol. The summed E-state index contributed by atoms with van der Waals surface area (Å²) in [5.41, 5.74) is 0.915. The highest BCUT2D eigenvalue weighted by atomic mass is 32.2. The van der Waals surface area contributed by atoms with Crippen molar-refractivity contribution in [3.05, 3.63) is 60.2 Å². The lowest BCUT2D eigenvalue weighted by Crippen LogP contribution is -2.40. The minimum Gasteiger partial charge on any atom is -0.457 e. The van der Waals surface area contributed by atoms with Crippen molar-refractivity contribution in [1.82, 2.24) is 5.32 Å². The molecule has 0 bridgehead atoms. The maximum absolute atomic E-state index is 11.7. The smallest absolute Gasteiger partial charge is 0.154 e. The number of nitrogens with one attached hydrogen (secondary N) is 1. The van der Waals surface area contributed by atoms with E-state index in [1.807, 2.05) is 61.5 Å². The van der Waals surface area contributed by atoms with Gasteiger partial charge in [0.05, 0.1) is 17.6 Å². The molecule has 3 rings (SSSR count). The summed E-state index contributed by atoms with van der Waals surface area (Å²) in [6.07, 6.45) is -0.875. The normalized spacial score (nSPS) is 23.8. The van der Waals surface area contributed by atoms with Gasteiger partial charge in [0.2, 0.25) is 0 Å². The number of para-hydroxylation sites is 2. The van der Waals surface area contributed by atoms with Gasteiger partial charge in [0, 0.05) is 17.6 Å². The van der Waals surface area contributed by atoms with Gasteiger partial charge in [-0.3, -0.25) is 0 Å². The molecule has 2 N–H and O–H groups in total. The number of ether oxygens (including phenoxy) is 1. The molecule has 1 fully saturated rings. The van der Waals surface area contributed by atoms with E-state index in [1.165, 1.54) is 0 Å². The Morgan fingerprint density at radius 1 is 1.08 bits per heavy atom. The molecule has 1 heterocycles. The van der Waals surface area contributed by atoms with Crippen LogP contribution < -0.4 is 10.1 Å². The van der Waals surface area contributed by atoms with Gasteiger partial charge in [-0.25, -0.2) is 8.42 Å². The average molecular weight is 347 g/mol. The summed E-state index contributed by atoms with van der Waals surface area (Å²) >= 11 is 0. The molecule has 5 nitrogen and oxygen atoms in total. The second kappa shape index (κ2) is 6.93. The van der Waals surface area contributed by atoms with E-state index in [1.54, 1.807) is 0 Å². The minimum atomic E-state index is -3.17. The summed E-state index contributed by atoms with van der Waals surface area (Å²) < 4.78 is 29.2. The van der Waals surface area contributed by atoms with Gasteiger partial charge in [-0.05, 0) is 25.1 Å². The highest BCUT2D eigenvalue weighted by molar-refractivity contribution is 7.91. The quantitative estimate of drug-likeness (QED) is 0.868. The topological polar surface area (TPSA) is 75.6 Å². The van der Waals surface area contributed by atoms with Gasteiger partial charge >= 0.3 is 0 Å². The van der Waals surface area contributed by atoms with Crippen molar-refractivity contribution in [2.24, 2.45) is 0 Å². The van der Waals surface area contributed by atoms with E-state index < -0.39 is 22.0 Å². The summed E-state index contributed by atoms with van der Waals surface area (Å²) in [5.74, 6) is 1.22. The molecule has 1 aliphatic rings. The van der Waals surface area contributed by atoms with Crippen molar-refractivity contribution in [1.29, 1.82) is 0 Å². The Balaban J connectivity index is 1.77. The molecule has 24 heavy (non-hydrogen) atoms. The molecule has 0 aromatic heterocycles. The van der Waals surface area contributed by atoms with Crippen LogP contribution in [0.4, 0.5) is 0 Å². The molecule has 0 saturated carbocycles. The summed E-state index contributed by atoms with van der Waals surface area (Å²) in [7, 11) is -3.17. The Labute approximate surface area is 142 Å². The Kier molecular flexibility index (Phi) is 4.89. The Bertz CT molecular complexity index is 792. The lowest BCUT2D eigenvalue weighted by molar-refractivity contribution is 0.160. The van der Waals surface area contributed by atoms with E-state index in [4.69, 9.17) is 4.74 Å². The van der Waals surface area contributed by atoms with Crippen LogP contribution in [0.15, 0.2) is 54.6 Å². The van der Waals surface area contributed by atoms with Crippen molar-refractivity contribution >= 4 is 9.84 Å². The second-order valence-corrected chi connectivity index (χ2v) is 8.25. The predicted octanol–water partition coefficient (Wildman–Crippen LogP) is 2.29. The first-order valence-corrected chi connectivity index (χ1v) is 9.73. The van der Waals surface area contributed by atoms with E-state index in [0.717, 1.165) is 11.3 Å². The second-order valence-electron chi connectivity index (χ2n) is 6.09. The van der Waals surface area contributed by atoms with Crippen LogP contribution in [-0.4, -0.2) is 37.2 Å². The largest absolute Gasteiger partial charge is 0.457 e.